The summed E-state index contributed by atoms with van der Waals surface area (Å²) in [6.07, 6.45) is 4.12. The molecule has 0 saturated carbocycles. The SMILES string of the molecule is [CH](N1CCNCC1)n1cccc1. The average Bonchev–Trinajstić information content (AvgIpc) is 2.59. The second-order valence-corrected chi connectivity index (χ2v) is 3.03. The number of nitrogens with one attached hydrogen (secondary N) is 1. The van der Waals surface area contributed by atoms with E-state index in [0.29, 0.717) is 0 Å². The van der Waals surface area contributed by atoms with Gasteiger partial charge in [-0.1, -0.05) is 0 Å². The molecule has 1 fully saturated rings. The quantitative estimate of drug-likeness (QED) is 0.681. The fourth-order valence-electron chi connectivity index (χ4n) is 1.41. The van der Waals surface area contributed by atoms with Gasteiger partial charge < -0.3 is 9.88 Å². The van der Waals surface area contributed by atoms with Gasteiger partial charge in [-0.25, -0.2) is 0 Å². The second-order valence-electron chi connectivity index (χ2n) is 3.03. The molecule has 3 heteroatoms. The zero-order chi connectivity index (χ0) is 8.23. The highest BCUT2D eigenvalue weighted by Crippen LogP contribution is 1.99. The van der Waals surface area contributed by atoms with E-state index in [-0.39, 0.29) is 0 Å². The molecule has 2 rings (SSSR count). The van der Waals surface area contributed by atoms with E-state index >= 15 is 0 Å². The van der Waals surface area contributed by atoms with Crippen LogP contribution in [0.15, 0.2) is 24.5 Å². The van der Waals surface area contributed by atoms with Gasteiger partial charge in [0.05, 0.1) is 0 Å². The summed E-state index contributed by atoms with van der Waals surface area (Å²) in [7, 11) is 0. The molecule has 3 nitrogen and oxygen atoms in total. The summed E-state index contributed by atoms with van der Waals surface area (Å²) >= 11 is 0. The zero-order valence-electron chi connectivity index (χ0n) is 7.11. The Morgan fingerprint density at radius 2 is 1.75 bits per heavy atom. The summed E-state index contributed by atoms with van der Waals surface area (Å²) in [6.45, 7) is 6.56. The van der Waals surface area contributed by atoms with Crippen molar-refractivity contribution in [3.8, 4) is 0 Å². The van der Waals surface area contributed by atoms with E-state index in [4.69, 9.17) is 0 Å². The summed E-state index contributed by atoms with van der Waals surface area (Å²) in [5.74, 6) is 0. The van der Waals surface area contributed by atoms with Crippen LogP contribution in [0.5, 0.6) is 0 Å². The van der Waals surface area contributed by atoms with E-state index in [1.807, 2.05) is 12.1 Å². The minimum absolute atomic E-state index is 1.10. The Hall–Kier alpha value is -0.800. The third-order valence-electron chi connectivity index (χ3n) is 2.08. The van der Waals surface area contributed by atoms with E-state index in [9.17, 15) is 0 Å². The Labute approximate surface area is 73.0 Å². The molecule has 1 aliphatic rings. The fourth-order valence-corrected chi connectivity index (χ4v) is 1.41. The van der Waals surface area contributed by atoms with Gasteiger partial charge in [0.1, 0.15) is 6.67 Å². The third-order valence-corrected chi connectivity index (χ3v) is 2.08. The number of hydrogen-bond donors (Lipinski definition) is 1. The lowest BCUT2D eigenvalue weighted by atomic mass is 10.4. The Balaban J connectivity index is 1.86. The predicted molar refractivity (Wildman–Crippen MR) is 48.6 cm³/mol. The predicted octanol–water partition coefficient (Wildman–Crippen LogP) is 0.361. The Bertz CT molecular complexity index is 212. The topological polar surface area (TPSA) is 20.2 Å². The summed E-state index contributed by atoms with van der Waals surface area (Å²) in [4.78, 5) is 2.33. The van der Waals surface area contributed by atoms with E-state index < -0.39 is 0 Å². The van der Waals surface area contributed by atoms with Gasteiger partial charge in [0.25, 0.3) is 0 Å². The monoisotopic (exact) mass is 164 g/mol. The summed E-state index contributed by atoms with van der Waals surface area (Å²) < 4.78 is 2.09. The molecule has 0 aliphatic carbocycles. The van der Waals surface area contributed by atoms with Gasteiger partial charge in [-0.15, -0.1) is 0 Å². The van der Waals surface area contributed by atoms with Crippen molar-refractivity contribution in [2.75, 3.05) is 26.2 Å². The molecule has 0 bridgehead atoms. The van der Waals surface area contributed by atoms with Crippen LogP contribution in [0, 0.1) is 6.67 Å². The van der Waals surface area contributed by atoms with Crippen LogP contribution in [0.3, 0.4) is 0 Å². The van der Waals surface area contributed by atoms with Gasteiger partial charge in [0.2, 0.25) is 0 Å². The third kappa shape index (κ3) is 1.87. The molecule has 1 aromatic heterocycles. The second kappa shape index (κ2) is 3.74. The molecule has 1 aromatic rings. The van der Waals surface area contributed by atoms with Crippen LogP contribution in [0.4, 0.5) is 0 Å². The fraction of sp³-hybridized carbons (Fsp3) is 0.444. The van der Waals surface area contributed by atoms with Crippen LogP contribution in [0.2, 0.25) is 0 Å². The van der Waals surface area contributed by atoms with Gasteiger partial charge in [0.15, 0.2) is 0 Å². The average molecular weight is 164 g/mol. The highest BCUT2D eigenvalue weighted by molar-refractivity contribution is 4.94. The van der Waals surface area contributed by atoms with Gasteiger partial charge in [-0.05, 0) is 12.1 Å². The van der Waals surface area contributed by atoms with E-state index in [1.54, 1.807) is 0 Å². The maximum absolute atomic E-state index is 3.32. The number of rotatable bonds is 2. The lowest BCUT2D eigenvalue weighted by Gasteiger charge is -2.26. The molecule has 1 N–H and O–H groups in total. The maximum atomic E-state index is 3.32. The van der Waals surface area contributed by atoms with Crippen LogP contribution in [-0.4, -0.2) is 35.6 Å². The number of aromatic nitrogens is 1. The van der Waals surface area contributed by atoms with Crippen molar-refractivity contribution in [3.63, 3.8) is 0 Å². The first-order valence-corrected chi connectivity index (χ1v) is 4.37. The first-order chi connectivity index (χ1) is 5.95. The van der Waals surface area contributed by atoms with Crippen molar-refractivity contribution >= 4 is 0 Å². The molecule has 12 heavy (non-hydrogen) atoms. The summed E-state index contributed by atoms with van der Waals surface area (Å²) in [5, 5.41) is 3.32. The van der Waals surface area contributed by atoms with Crippen LogP contribution in [0.25, 0.3) is 0 Å². The van der Waals surface area contributed by atoms with Gasteiger partial charge >= 0.3 is 0 Å². The standard InChI is InChI=1S/C9H14N3/c1-2-6-11(5-1)9-12-7-3-10-4-8-12/h1-2,5-6,9-10H,3-4,7-8H2. The van der Waals surface area contributed by atoms with Crippen molar-refractivity contribution < 1.29 is 0 Å². The minimum Gasteiger partial charge on any atom is -0.335 e. The first kappa shape index (κ1) is 7.83. The molecule has 0 atom stereocenters. The summed E-state index contributed by atoms with van der Waals surface area (Å²) in [6, 6.07) is 4.08. The Morgan fingerprint density at radius 3 is 2.42 bits per heavy atom. The van der Waals surface area contributed by atoms with Crippen molar-refractivity contribution in [2.45, 2.75) is 0 Å². The zero-order valence-corrected chi connectivity index (χ0v) is 7.11. The molecule has 0 spiro atoms. The largest absolute Gasteiger partial charge is 0.335 e. The molecule has 0 amide bonds. The van der Waals surface area contributed by atoms with Crippen LogP contribution < -0.4 is 5.32 Å². The highest BCUT2D eigenvalue weighted by Gasteiger charge is 2.08. The normalized spacial score (nSPS) is 19.7. The maximum Gasteiger partial charge on any atom is 0.121 e. The van der Waals surface area contributed by atoms with Crippen molar-refractivity contribution in [1.82, 2.24) is 14.8 Å². The number of piperazine rings is 1. The molecular formula is C9H14N3. The molecule has 0 unspecified atom stereocenters. The molecule has 1 saturated heterocycles. The lowest BCUT2D eigenvalue weighted by Crippen LogP contribution is -2.42. The minimum atomic E-state index is 1.10. The molecule has 65 valence electrons. The lowest BCUT2D eigenvalue weighted by molar-refractivity contribution is 0.276. The highest BCUT2D eigenvalue weighted by atomic mass is 15.3. The van der Waals surface area contributed by atoms with Crippen LogP contribution in [0.1, 0.15) is 0 Å². The smallest absolute Gasteiger partial charge is 0.121 e. The number of nitrogens with zero attached hydrogens (tertiary/aromatic N) is 2. The van der Waals surface area contributed by atoms with Gasteiger partial charge in [-0.2, -0.15) is 0 Å². The molecule has 1 radical (unpaired) electrons. The first-order valence-electron chi connectivity index (χ1n) is 4.37. The Morgan fingerprint density at radius 1 is 1.08 bits per heavy atom. The number of hydrogen-bond acceptors (Lipinski definition) is 2. The van der Waals surface area contributed by atoms with E-state index in [0.717, 1.165) is 26.2 Å². The van der Waals surface area contributed by atoms with Crippen LogP contribution in [-0.2, 0) is 0 Å². The van der Waals surface area contributed by atoms with Crippen molar-refractivity contribution in [3.05, 3.63) is 31.2 Å². The summed E-state index contributed by atoms with van der Waals surface area (Å²) in [5.41, 5.74) is 0. The van der Waals surface area contributed by atoms with E-state index in [2.05, 4.69) is 33.8 Å². The Kier molecular flexibility index (Phi) is 2.44. The van der Waals surface area contributed by atoms with Gasteiger partial charge in [-0.3, -0.25) is 4.90 Å². The van der Waals surface area contributed by atoms with Gasteiger partial charge in [0, 0.05) is 38.6 Å². The molecule has 0 aromatic carbocycles. The van der Waals surface area contributed by atoms with E-state index in [1.165, 1.54) is 0 Å². The van der Waals surface area contributed by atoms with Crippen molar-refractivity contribution in [2.24, 2.45) is 0 Å². The molecule has 1 aliphatic heterocycles. The molecular weight excluding hydrogens is 150 g/mol. The van der Waals surface area contributed by atoms with Crippen LogP contribution >= 0.6 is 0 Å². The van der Waals surface area contributed by atoms with Crippen molar-refractivity contribution in [1.29, 1.82) is 0 Å². The molecule has 2 heterocycles.